The van der Waals surface area contributed by atoms with Crippen molar-refractivity contribution in [2.45, 2.75) is 6.54 Å². The highest BCUT2D eigenvalue weighted by molar-refractivity contribution is 7.17. The van der Waals surface area contributed by atoms with E-state index in [1.54, 1.807) is 6.26 Å². The van der Waals surface area contributed by atoms with E-state index in [9.17, 15) is 0 Å². The molecule has 0 aromatic carbocycles. The summed E-state index contributed by atoms with van der Waals surface area (Å²) in [5.74, 6) is 1.67. The molecule has 0 bridgehead atoms. The summed E-state index contributed by atoms with van der Waals surface area (Å²) >= 11 is 1.51. The number of rotatable bonds is 4. The Bertz CT molecular complexity index is 770. The molecule has 0 spiro atoms. The summed E-state index contributed by atoms with van der Waals surface area (Å²) in [5.41, 5.74) is 0. The Morgan fingerprint density at radius 2 is 2.14 bits per heavy atom. The lowest BCUT2D eigenvalue weighted by Crippen LogP contribution is -2.36. The van der Waals surface area contributed by atoms with Gasteiger partial charge >= 0.3 is 0 Å². The zero-order chi connectivity index (χ0) is 14.8. The third-order valence-corrected chi connectivity index (χ3v) is 4.34. The zero-order valence-electron chi connectivity index (χ0n) is 11.9. The Labute approximate surface area is 130 Å². The molecule has 1 fully saturated rings. The van der Waals surface area contributed by atoms with Gasteiger partial charge in [-0.25, -0.2) is 0 Å². The topological polar surface area (TPSA) is 68.7 Å². The number of hydrogen-bond acceptors (Lipinski definition) is 7. The largest absolute Gasteiger partial charge is 0.465 e. The van der Waals surface area contributed by atoms with Gasteiger partial charge in [0.1, 0.15) is 10.8 Å². The molecular formula is C14H15N5O2S. The van der Waals surface area contributed by atoms with E-state index in [0.29, 0.717) is 0 Å². The van der Waals surface area contributed by atoms with Crippen LogP contribution in [0, 0.1) is 0 Å². The fourth-order valence-electron chi connectivity index (χ4n) is 2.34. The summed E-state index contributed by atoms with van der Waals surface area (Å²) in [5, 5.41) is 13.9. The number of furan rings is 1. The third-order valence-electron chi connectivity index (χ3n) is 3.47. The summed E-state index contributed by atoms with van der Waals surface area (Å²) in [7, 11) is 0. The number of hydrogen-bond donors (Lipinski definition) is 0. The lowest BCUT2D eigenvalue weighted by atomic mass is 10.4. The van der Waals surface area contributed by atoms with Gasteiger partial charge in [-0.3, -0.25) is 4.90 Å². The van der Waals surface area contributed by atoms with Crippen LogP contribution in [-0.4, -0.2) is 51.0 Å². The van der Waals surface area contributed by atoms with Crippen molar-refractivity contribution >= 4 is 28.4 Å². The highest BCUT2D eigenvalue weighted by Gasteiger charge is 2.16. The second-order valence-electron chi connectivity index (χ2n) is 4.99. The Morgan fingerprint density at radius 3 is 2.95 bits per heavy atom. The second kappa shape index (κ2) is 5.99. The van der Waals surface area contributed by atoms with Crippen molar-refractivity contribution in [1.29, 1.82) is 0 Å². The molecule has 0 amide bonds. The molecule has 0 unspecified atom stereocenters. The van der Waals surface area contributed by atoms with Gasteiger partial charge in [0.15, 0.2) is 5.82 Å². The minimum Gasteiger partial charge on any atom is -0.465 e. The summed E-state index contributed by atoms with van der Waals surface area (Å²) in [4.78, 5) is 3.11. The molecular weight excluding hydrogens is 302 g/mol. The van der Waals surface area contributed by atoms with Crippen LogP contribution in [0.4, 0.5) is 0 Å². The van der Waals surface area contributed by atoms with E-state index >= 15 is 0 Å². The van der Waals surface area contributed by atoms with Crippen LogP contribution in [0.3, 0.4) is 0 Å². The van der Waals surface area contributed by atoms with Crippen LogP contribution in [-0.2, 0) is 11.3 Å². The van der Waals surface area contributed by atoms with Crippen LogP contribution in [0.15, 0.2) is 22.8 Å². The second-order valence-corrected chi connectivity index (χ2v) is 5.98. The maximum Gasteiger partial charge on any atom is 0.235 e. The summed E-state index contributed by atoms with van der Waals surface area (Å²) in [6.07, 6.45) is 5.47. The Morgan fingerprint density at radius 1 is 1.23 bits per heavy atom. The molecule has 114 valence electrons. The van der Waals surface area contributed by atoms with Gasteiger partial charge in [-0.05, 0) is 24.3 Å². The highest BCUT2D eigenvalue weighted by atomic mass is 32.1. The minimum atomic E-state index is 0.746. The molecule has 22 heavy (non-hydrogen) atoms. The average Bonchev–Trinajstić information content (AvgIpc) is 3.25. The fourth-order valence-corrected chi connectivity index (χ4v) is 3.10. The Kier molecular flexibility index (Phi) is 3.71. The highest BCUT2D eigenvalue weighted by Crippen LogP contribution is 2.17. The normalized spacial score (nSPS) is 16.9. The van der Waals surface area contributed by atoms with Crippen LogP contribution in [0.5, 0.6) is 0 Å². The first-order chi connectivity index (χ1) is 10.9. The molecule has 0 radical (unpaired) electrons. The molecule has 7 nitrogen and oxygen atoms in total. The predicted molar refractivity (Wildman–Crippen MR) is 82.4 cm³/mol. The average molecular weight is 317 g/mol. The van der Waals surface area contributed by atoms with E-state index in [1.807, 2.05) is 28.8 Å². The van der Waals surface area contributed by atoms with Crippen molar-refractivity contribution in [2.75, 3.05) is 26.3 Å². The molecule has 3 aromatic rings. The quantitative estimate of drug-likeness (QED) is 0.730. The number of nitrogens with zero attached hydrogens (tertiary/aromatic N) is 5. The monoisotopic (exact) mass is 317 g/mol. The first-order valence-electron chi connectivity index (χ1n) is 7.11. The van der Waals surface area contributed by atoms with Crippen molar-refractivity contribution in [3.05, 3.63) is 35.0 Å². The van der Waals surface area contributed by atoms with Crippen LogP contribution in [0.2, 0.25) is 0 Å². The minimum absolute atomic E-state index is 0.746. The van der Waals surface area contributed by atoms with E-state index in [1.165, 1.54) is 11.3 Å². The van der Waals surface area contributed by atoms with E-state index < -0.39 is 0 Å². The summed E-state index contributed by atoms with van der Waals surface area (Å²) in [6, 6.07) is 3.76. The van der Waals surface area contributed by atoms with Gasteiger partial charge in [0.25, 0.3) is 0 Å². The summed E-state index contributed by atoms with van der Waals surface area (Å²) < 4.78 is 12.5. The third kappa shape index (κ3) is 2.80. The van der Waals surface area contributed by atoms with E-state index in [-0.39, 0.29) is 0 Å². The molecule has 0 N–H and O–H groups in total. The van der Waals surface area contributed by atoms with Gasteiger partial charge in [-0.1, -0.05) is 11.3 Å². The Hall–Kier alpha value is -2.03. The molecule has 4 heterocycles. The molecule has 8 heteroatoms. The molecule has 4 rings (SSSR count). The maximum absolute atomic E-state index is 5.36. The van der Waals surface area contributed by atoms with Gasteiger partial charge in [0.2, 0.25) is 4.96 Å². The van der Waals surface area contributed by atoms with E-state index in [4.69, 9.17) is 9.15 Å². The number of morpholine rings is 1. The fraction of sp³-hybridized carbons (Fsp3) is 0.357. The van der Waals surface area contributed by atoms with Crippen LogP contribution in [0.25, 0.3) is 17.1 Å². The van der Waals surface area contributed by atoms with Crippen molar-refractivity contribution in [3.63, 3.8) is 0 Å². The number of aromatic nitrogens is 4. The van der Waals surface area contributed by atoms with Gasteiger partial charge in [0, 0.05) is 13.1 Å². The van der Waals surface area contributed by atoms with Crippen molar-refractivity contribution < 1.29 is 9.15 Å². The van der Waals surface area contributed by atoms with Crippen LogP contribution < -0.4 is 0 Å². The molecule has 0 aliphatic carbocycles. The zero-order valence-corrected chi connectivity index (χ0v) is 12.7. The first kappa shape index (κ1) is 13.6. The standard InChI is InChI=1S/C14H15N5O2S/c1-2-11(21-7-1)3-4-13-17-19-12(15-16-14(19)22-13)10-18-5-8-20-9-6-18/h1-4,7H,5-6,8-10H2/b4-3-. The van der Waals surface area contributed by atoms with Gasteiger partial charge in [-0.2, -0.15) is 9.61 Å². The lowest BCUT2D eigenvalue weighted by molar-refractivity contribution is 0.0328. The van der Waals surface area contributed by atoms with Gasteiger partial charge in [0.05, 0.1) is 26.0 Å². The molecule has 0 saturated carbocycles. The number of fused-ring (bicyclic) bond motifs is 1. The van der Waals surface area contributed by atoms with Gasteiger partial charge in [-0.15, -0.1) is 10.2 Å². The SMILES string of the molecule is C(=C/c1nn2c(CN3CCOCC3)nnc2s1)/c1ccco1. The summed E-state index contributed by atoms with van der Waals surface area (Å²) in [6.45, 7) is 4.14. The molecule has 0 atom stereocenters. The first-order valence-corrected chi connectivity index (χ1v) is 7.93. The lowest BCUT2D eigenvalue weighted by Gasteiger charge is -2.25. The van der Waals surface area contributed by atoms with Crippen molar-refractivity contribution in [2.24, 2.45) is 0 Å². The van der Waals surface area contributed by atoms with E-state index in [0.717, 1.165) is 54.4 Å². The van der Waals surface area contributed by atoms with Crippen LogP contribution in [0.1, 0.15) is 16.6 Å². The predicted octanol–water partition coefficient (Wildman–Crippen LogP) is 1.78. The molecule has 1 saturated heterocycles. The van der Waals surface area contributed by atoms with Crippen molar-refractivity contribution in [3.8, 4) is 0 Å². The maximum atomic E-state index is 5.36. The van der Waals surface area contributed by atoms with Crippen molar-refractivity contribution in [1.82, 2.24) is 24.7 Å². The van der Waals surface area contributed by atoms with Crippen LogP contribution >= 0.6 is 11.3 Å². The molecule has 1 aliphatic rings. The van der Waals surface area contributed by atoms with Gasteiger partial charge < -0.3 is 9.15 Å². The molecule has 1 aliphatic heterocycles. The smallest absolute Gasteiger partial charge is 0.235 e. The number of ether oxygens (including phenoxy) is 1. The van der Waals surface area contributed by atoms with E-state index in [2.05, 4.69) is 20.2 Å². The Balaban J connectivity index is 1.53. The molecule has 3 aromatic heterocycles.